The van der Waals surface area contributed by atoms with Crippen LogP contribution in [-0.4, -0.2) is 31.3 Å². The highest BCUT2D eigenvalue weighted by Crippen LogP contribution is 2.28. The van der Waals surface area contributed by atoms with Gasteiger partial charge in [-0.3, -0.25) is 4.79 Å². The lowest BCUT2D eigenvalue weighted by Crippen LogP contribution is -2.37. The maximum atomic E-state index is 11.8. The molecule has 0 heterocycles. The van der Waals surface area contributed by atoms with Crippen LogP contribution in [0.3, 0.4) is 0 Å². The molecule has 1 aliphatic rings. The largest absolute Gasteiger partial charge is 0.481 e. The van der Waals surface area contributed by atoms with E-state index >= 15 is 0 Å². The van der Waals surface area contributed by atoms with Crippen molar-refractivity contribution in [2.24, 2.45) is 11.8 Å². The normalized spacial score (nSPS) is 25.5. The zero-order valence-corrected chi connectivity index (χ0v) is 11.8. The van der Waals surface area contributed by atoms with Gasteiger partial charge in [-0.15, -0.1) is 0 Å². The molecule has 2 N–H and O–H groups in total. The minimum Gasteiger partial charge on any atom is -0.481 e. The summed E-state index contributed by atoms with van der Waals surface area (Å²) in [6.45, 7) is 1.96. The van der Waals surface area contributed by atoms with Crippen molar-refractivity contribution in [1.29, 1.82) is 5.26 Å². The second-order valence-electron chi connectivity index (χ2n) is 4.98. The fourth-order valence-corrected chi connectivity index (χ4v) is 3.58. The summed E-state index contributed by atoms with van der Waals surface area (Å²) in [6, 6.07) is 1.77. The summed E-state index contributed by atoms with van der Waals surface area (Å²) in [5.74, 6) is -0.897. The second kappa shape index (κ2) is 6.87. The fraction of sp³-hybridized carbons (Fsp3) is 0.833. The Morgan fingerprint density at radius 2 is 2.00 bits per heavy atom. The van der Waals surface area contributed by atoms with Crippen molar-refractivity contribution in [2.75, 3.05) is 6.54 Å². The van der Waals surface area contributed by atoms with Gasteiger partial charge in [-0.2, -0.15) is 5.26 Å². The van der Waals surface area contributed by atoms with Crippen molar-refractivity contribution in [3.8, 4) is 6.07 Å². The molecule has 19 heavy (non-hydrogen) atoms. The third kappa shape index (κ3) is 4.48. The van der Waals surface area contributed by atoms with Crippen LogP contribution in [0.15, 0.2) is 0 Å². The van der Waals surface area contributed by atoms with E-state index < -0.39 is 21.2 Å². The van der Waals surface area contributed by atoms with E-state index in [0.717, 1.165) is 0 Å². The predicted molar refractivity (Wildman–Crippen MR) is 69.7 cm³/mol. The van der Waals surface area contributed by atoms with Crippen molar-refractivity contribution >= 4 is 16.0 Å². The summed E-state index contributed by atoms with van der Waals surface area (Å²) >= 11 is 0. The van der Waals surface area contributed by atoms with E-state index in [4.69, 9.17) is 10.4 Å². The number of carbonyl (C=O) groups is 1. The number of nitrogens with zero attached hydrogens (tertiary/aromatic N) is 1. The topological polar surface area (TPSA) is 107 Å². The van der Waals surface area contributed by atoms with Gasteiger partial charge in [0.2, 0.25) is 10.0 Å². The number of aliphatic carboxylic acids is 1. The van der Waals surface area contributed by atoms with E-state index in [1.807, 2.05) is 0 Å². The molecule has 1 fully saturated rings. The van der Waals surface area contributed by atoms with Gasteiger partial charge in [-0.05, 0) is 38.0 Å². The van der Waals surface area contributed by atoms with Gasteiger partial charge in [0.1, 0.15) is 0 Å². The molecule has 0 amide bonds. The van der Waals surface area contributed by atoms with Gasteiger partial charge in [-0.1, -0.05) is 6.92 Å². The number of carboxylic acids is 1. The Labute approximate surface area is 113 Å². The number of sulfonamides is 1. The fourth-order valence-electron chi connectivity index (χ4n) is 2.33. The lowest BCUT2D eigenvalue weighted by molar-refractivity contribution is -0.143. The molecule has 1 aliphatic carbocycles. The highest BCUT2D eigenvalue weighted by atomic mass is 32.2. The maximum Gasteiger partial charge on any atom is 0.306 e. The molecular formula is C12H20N2O4S. The summed E-state index contributed by atoms with van der Waals surface area (Å²) in [4.78, 5) is 10.8. The van der Waals surface area contributed by atoms with Gasteiger partial charge in [-0.25, -0.2) is 13.1 Å². The molecule has 0 saturated heterocycles. The quantitative estimate of drug-likeness (QED) is 0.761. The molecule has 1 rings (SSSR count). The Bertz CT molecular complexity index is 447. The number of hydrogen-bond acceptors (Lipinski definition) is 4. The summed E-state index contributed by atoms with van der Waals surface area (Å²) in [5.41, 5.74) is 0. The molecule has 1 unspecified atom stereocenters. The molecule has 1 saturated carbocycles. The van der Waals surface area contributed by atoms with Gasteiger partial charge >= 0.3 is 5.97 Å². The van der Waals surface area contributed by atoms with Crippen LogP contribution >= 0.6 is 0 Å². The van der Waals surface area contributed by atoms with Crippen molar-refractivity contribution in [3.05, 3.63) is 0 Å². The number of hydrogen-bond donors (Lipinski definition) is 2. The van der Waals surface area contributed by atoms with Gasteiger partial charge in [0.15, 0.2) is 5.25 Å². The zero-order chi connectivity index (χ0) is 14.5. The lowest BCUT2D eigenvalue weighted by atomic mass is 9.82. The van der Waals surface area contributed by atoms with Gasteiger partial charge in [0, 0.05) is 6.54 Å². The first-order chi connectivity index (χ1) is 8.90. The first-order valence-corrected chi connectivity index (χ1v) is 8.06. The van der Waals surface area contributed by atoms with Crippen molar-refractivity contribution in [1.82, 2.24) is 4.72 Å². The van der Waals surface area contributed by atoms with E-state index in [9.17, 15) is 13.2 Å². The van der Waals surface area contributed by atoms with E-state index in [2.05, 4.69) is 4.72 Å². The summed E-state index contributed by atoms with van der Waals surface area (Å²) in [5, 5.41) is 16.6. The Morgan fingerprint density at radius 3 is 2.42 bits per heavy atom. The zero-order valence-electron chi connectivity index (χ0n) is 11.0. The Morgan fingerprint density at radius 1 is 1.42 bits per heavy atom. The molecule has 0 aromatic heterocycles. The monoisotopic (exact) mass is 288 g/mol. The van der Waals surface area contributed by atoms with Crippen LogP contribution in [0.25, 0.3) is 0 Å². The molecule has 7 heteroatoms. The van der Waals surface area contributed by atoms with Crippen LogP contribution in [0.2, 0.25) is 0 Å². The van der Waals surface area contributed by atoms with E-state index in [1.165, 1.54) is 0 Å². The molecule has 0 aliphatic heterocycles. The number of nitrogens with one attached hydrogen (secondary N) is 1. The molecule has 0 radical (unpaired) electrons. The molecule has 0 aromatic carbocycles. The van der Waals surface area contributed by atoms with Gasteiger partial charge in [0.05, 0.1) is 12.0 Å². The molecule has 6 nitrogen and oxygen atoms in total. The maximum absolute atomic E-state index is 11.8. The van der Waals surface area contributed by atoms with Crippen LogP contribution in [0.4, 0.5) is 0 Å². The van der Waals surface area contributed by atoms with E-state index in [0.29, 0.717) is 32.2 Å². The Kier molecular flexibility index (Phi) is 5.76. The molecule has 0 aromatic rings. The lowest BCUT2D eigenvalue weighted by Gasteiger charge is -2.26. The molecule has 1 atom stereocenters. The number of rotatable bonds is 6. The summed E-state index contributed by atoms with van der Waals surface area (Å²) in [7, 11) is -3.58. The van der Waals surface area contributed by atoms with Crippen LogP contribution in [-0.2, 0) is 14.8 Å². The highest BCUT2D eigenvalue weighted by Gasteiger charge is 2.28. The number of nitriles is 1. The van der Waals surface area contributed by atoms with Crippen molar-refractivity contribution < 1.29 is 18.3 Å². The molecular weight excluding hydrogens is 268 g/mol. The molecule has 0 bridgehead atoms. The van der Waals surface area contributed by atoms with Gasteiger partial charge < -0.3 is 5.11 Å². The number of carboxylic acid groups (broad SMARTS) is 1. The van der Waals surface area contributed by atoms with Crippen LogP contribution in [0, 0.1) is 23.2 Å². The van der Waals surface area contributed by atoms with Gasteiger partial charge in [0.25, 0.3) is 0 Å². The predicted octanol–water partition coefficient (Wildman–Crippen LogP) is 1.10. The van der Waals surface area contributed by atoms with Crippen molar-refractivity contribution in [2.45, 2.75) is 44.3 Å². The van der Waals surface area contributed by atoms with Crippen LogP contribution in [0.1, 0.15) is 39.0 Å². The van der Waals surface area contributed by atoms with E-state index in [-0.39, 0.29) is 18.3 Å². The standard InChI is InChI=1S/C12H20N2O4S/c1-2-11(7-13)19(17,18)14-8-9-3-5-10(6-4-9)12(15)16/h9-11,14H,2-6,8H2,1H3,(H,15,16). The van der Waals surface area contributed by atoms with Crippen molar-refractivity contribution in [3.63, 3.8) is 0 Å². The minimum absolute atomic E-state index is 0.168. The first-order valence-electron chi connectivity index (χ1n) is 6.51. The average molecular weight is 288 g/mol. The minimum atomic E-state index is -3.58. The third-order valence-electron chi connectivity index (χ3n) is 3.66. The second-order valence-corrected chi connectivity index (χ2v) is 6.92. The first kappa shape index (κ1) is 15.9. The van der Waals surface area contributed by atoms with Crippen LogP contribution in [0.5, 0.6) is 0 Å². The highest BCUT2D eigenvalue weighted by molar-refractivity contribution is 7.90. The van der Waals surface area contributed by atoms with Crippen LogP contribution < -0.4 is 4.72 Å². The molecule has 108 valence electrons. The smallest absolute Gasteiger partial charge is 0.306 e. The SMILES string of the molecule is CCC(C#N)S(=O)(=O)NCC1CCC(C(=O)O)CC1. The third-order valence-corrected chi connectivity index (χ3v) is 5.42. The Hall–Kier alpha value is -1.13. The molecule has 0 spiro atoms. The summed E-state index contributed by atoms with van der Waals surface area (Å²) < 4.78 is 26.0. The Balaban J connectivity index is 2.43. The average Bonchev–Trinajstić information content (AvgIpc) is 2.38. The summed E-state index contributed by atoms with van der Waals surface area (Å²) in [6.07, 6.45) is 2.87. The van der Waals surface area contributed by atoms with E-state index in [1.54, 1.807) is 13.0 Å².